The van der Waals surface area contributed by atoms with Gasteiger partial charge in [-0.2, -0.15) is 0 Å². The molecule has 0 saturated heterocycles. The van der Waals surface area contributed by atoms with Crippen LogP contribution in [0.15, 0.2) is 24.3 Å². The summed E-state index contributed by atoms with van der Waals surface area (Å²) in [5, 5.41) is 0. The van der Waals surface area contributed by atoms with E-state index in [1.165, 1.54) is 0 Å². The Bertz CT molecular complexity index is 239. The molecule has 0 unspecified atom stereocenters. The van der Waals surface area contributed by atoms with E-state index < -0.39 is 0 Å². The molecule has 0 bridgehead atoms. The maximum atomic E-state index is 11.2. The smallest absolute Gasteiger partial charge is 0.305 e. The molecule has 0 radical (unpaired) electrons. The van der Waals surface area contributed by atoms with Crippen LogP contribution in [-0.2, 0) is 9.53 Å². The molecule has 0 fully saturated rings. The van der Waals surface area contributed by atoms with Crippen molar-refractivity contribution in [3.63, 3.8) is 0 Å². The van der Waals surface area contributed by atoms with E-state index in [-0.39, 0.29) is 11.4 Å². The quantitative estimate of drug-likeness (QED) is 0.508. The number of carbonyl (C=O) groups excluding carboxylic acids is 1. The van der Waals surface area contributed by atoms with Crippen LogP contribution >= 0.6 is 0 Å². The van der Waals surface area contributed by atoms with Crippen molar-refractivity contribution >= 4 is 5.97 Å². The van der Waals surface area contributed by atoms with Gasteiger partial charge in [0.2, 0.25) is 0 Å². The van der Waals surface area contributed by atoms with E-state index >= 15 is 0 Å². The fourth-order valence-corrected chi connectivity index (χ4v) is 1.58. The largest absolute Gasteiger partial charge is 0.466 e. The highest BCUT2D eigenvalue weighted by Crippen LogP contribution is 2.30. The Hall–Kier alpha value is -1.05. The monoisotopic (exact) mass is 194 g/mol. The molecule has 2 nitrogen and oxygen atoms in total. The van der Waals surface area contributed by atoms with Gasteiger partial charge in [0, 0.05) is 11.8 Å². The molecule has 0 aliphatic heterocycles. The lowest BCUT2D eigenvalue weighted by Gasteiger charge is -2.23. The molecule has 14 heavy (non-hydrogen) atoms. The van der Waals surface area contributed by atoms with E-state index in [9.17, 15) is 4.79 Å². The lowest BCUT2D eigenvalue weighted by Crippen LogP contribution is -2.15. The summed E-state index contributed by atoms with van der Waals surface area (Å²) < 4.78 is 4.89. The first-order valence-electron chi connectivity index (χ1n) is 5.17. The topological polar surface area (TPSA) is 26.3 Å². The minimum atomic E-state index is -0.0962. The summed E-state index contributed by atoms with van der Waals surface area (Å²) in [4.78, 5) is 11.2. The lowest BCUT2D eigenvalue weighted by atomic mass is 9.82. The highest BCUT2D eigenvalue weighted by Gasteiger charge is 2.20. The molecule has 0 heterocycles. The van der Waals surface area contributed by atoms with Crippen molar-refractivity contribution in [1.82, 2.24) is 0 Å². The minimum Gasteiger partial charge on any atom is -0.466 e. The fourth-order valence-electron chi connectivity index (χ4n) is 1.58. The second-order valence-corrected chi connectivity index (χ2v) is 3.85. The van der Waals surface area contributed by atoms with E-state index in [2.05, 4.69) is 31.2 Å². The lowest BCUT2D eigenvalue weighted by molar-refractivity contribution is -0.143. The van der Waals surface area contributed by atoms with Crippen LogP contribution in [0.25, 0.3) is 0 Å². The molecule has 2 heteroatoms. The van der Waals surface area contributed by atoms with Crippen molar-refractivity contribution in [2.75, 3.05) is 6.61 Å². The maximum Gasteiger partial charge on any atom is 0.305 e. The average Bonchev–Trinajstić information content (AvgIpc) is 2.17. The van der Waals surface area contributed by atoms with E-state index in [4.69, 9.17) is 4.74 Å². The van der Waals surface area contributed by atoms with Crippen molar-refractivity contribution in [1.29, 1.82) is 0 Å². The Morgan fingerprint density at radius 3 is 2.64 bits per heavy atom. The summed E-state index contributed by atoms with van der Waals surface area (Å²) in [5.41, 5.74) is 0.0466. The molecule has 1 rings (SSSR count). The van der Waals surface area contributed by atoms with E-state index in [1.54, 1.807) is 0 Å². The Kier molecular flexibility index (Phi) is 3.93. The molecule has 0 amide bonds. The first kappa shape index (κ1) is 11.0. The second kappa shape index (κ2) is 4.99. The minimum absolute atomic E-state index is 0.0466. The standard InChI is InChI=1S/C12H18O2/c1-3-14-11(13)7-10-12(2)8-5-4-6-9-12/h5-6,8-9H,3-4,7,10H2,1-2H3. The van der Waals surface area contributed by atoms with Gasteiger partial charge < -0.3 is 4.74 Å². The maximum absolute atomic E-state index is 11.2. The number of hydrogen-bond donors (Lipinski definition) is 0. The summed E-state index contributed by atoms with van der Waals surface area (Å²) in [6.45, 7) is 4.44. The predicted molar refractivity (Wildman–Crippen MR) is 56.9 cm³/mol. The van der Waals surface area contributed by atoms with Gasteiger partial charge >= 0.3 is 5.97 Å². The van der Waals surface area contributed by atoms with E-state index in [1.807, 2.05) is 6.92 Å². The Labute approximate surface area is 85.6 Å². The molecule has 1 aliphatic carbocycles. The highest BCUT2D eigenvalue weighted by atomic mass is 16.5. The summed E-state index contributed by atoms with van der Waals surface area (Å²) in [5.74, 6) is -0.0962. The van der Waals surface area contributed by atoms with Crippen molar-refractivity contribution in [3.05, 3.63) is 24.3 Å². The van der Waals surface area contributed by atoms with Crippen molar-refractivity contribution in [3.8, 4) is 0 Å². The van der Waals surface area contributed by atoms with Crippen LogP contribution in [-0.4, -0.2) is 12.6 Å². The molecule has 0 aromatic rings. The predicted octanol–water partition coefficient (Wildman–Crippen LogP) is 2.85. The van der Waals surface area contributed by atoms with Gasteiger partial charge in [0.05, 0.1) is 6.61 Å². The van der Waals surface area contributed by atoms with Crippen molar-refractivity contribution in [2.24, 2.45) is 5.41 Å². The number of rotatable bonds is 4. The van der Waals surface area contributed by atoms with Crippen LogP contribution in [0.4, 0.5) is 0 Å². The summed E-state index contributed by atoms with van der Waals surface area (Å²) >= 11 is 0. The first-order chi connectivity index (χ1) is 6.66. The zero-order valence-electron chi connectivity index (χ0n) is 8.95. The summed E-state index contributed by atoms with van der Waals surface area (Å²) in [6, 6.07) is 0. The van der Waals surface area contributed by atoms with Crippen LogP contribution < -0.4 is 0 Å². The van der Waals surface area contributed by atoms with Gasteiger partial charge in [0.25, 0.3) is 0 Å². The number of ether oxygens (including phenoxy) is 1. The molecule has 0 saturated carbocycles. The SMILES string of the molecule is CCOC(=O)CCC1(C)C=CCC=C1. The van der Waals surface area contributed by atoms with Gasteiger partial charge in [-0.15, -0.1) is 0 Å². The van der Waals surface area contributed by atoms with E-state index in [0.717, 1.165) is 12.8 Å². The third kappa shape index (κ3) is 3.36. The van der Waals surface area contributed by atoms with Gasteiger partial charge in [-0.3, -0.25) is 4.79 Å². The molecule has 0 aromatic heterocycles. The second-order valence-electron chi connectivity index (χ2n) is 3.85. The highest BCUT2D eigenvalue weighted by molar-refractivity contribution is 5.69. The molecule has 0 aromatic carbocycles. The average molecular weight is 194 g/mol. The first-order valence-corrected chi connectivity index (χ1v) is 5.17. The zero-order chi connectivity index (χ0) is 10.4. The van der Waals surface area contributed by atoms with Gasteiger partial charge in [-0.25, -0.2) is 0 Å². The molecule has 78 valence electrons. The molecular weight excluding hydrogens is 176 g/mol. The van der Waals surface area contributed by atoms with Gasteiger partial charge in [-0.1, -0.05) is 31.2 Å². The van der Waals surface area contributed by atoms with Crippen LogP contribution in [0.2, 0.25) is 0 Å². The molecule has 0 N–H and O–H groups in total. The van der Waals surface area contributed by atoms with Gasteiger partial charge in [-0.05, 0) is 19.8 Å². The molecule has 0 spiro atoms. The van der Waals surface area contributed by atoms with Crippen LogP contribution in [0.3, 0.4) is 0 Å². The molecular formula is C12H18O2. The number of allylic oxidation sites excluding steroid dienone is 4. The number of carbonyl (C=O) groups is 1. The molecule has 0 atom stereocenters. The Balaban J connectivity index is 2.36. The van der Waals surface area contributed by atoms with Gasteiger partial charge in [0.1, 0.15) is 0 Å². The normalized spacial score (nSPS) is 18.1. The summed E-state index contributed by atoms with van der Waals surface area (Å²) in [7, 11) is 0. The summed E-state index contributed by atoms with van der Waals surface area (Å²) in [6.07, 6.45) is 11.0. The Morgan fingerprint density at radius 1 is 1.43 bits per heavy atom. The van der Waals surface area contributed by atoms with Crippen LogP contribution in [0.1, 0.15) is 33.1 Å². The molecule has 1 aliphatic rings. The third-order valence-corrected chi connectivity index (χ3v) is 2.44. The Morgan fingerprint density at radius 2 is 2.07 bits per heavy atom. The van der Waals surface area contributed by atoms with Gasteiger partial charge in [0.15, 0.2) is 0 Å². The number of esters is 1. The van der Waals surface area contributed by atoms with E-state index in [0.29, 0.717) is 13.0 Å². The van der Waals surface area contributed by atoms with Crippen LogP contribution in [0, 0.1) is 5.41 Å². The fraction of sp³-hybridized carbons (Fsp3) is 0.583. The number of hydrogen-bond acceptors (Lipinski definition) is 2. The zero-order valence-corrected chi connectivity index (χ0v) is 8.95. The third-order valence-electron chi connectivity index (χ3n) is 2.44. The van der Waals surface area contributed by atoms with Crippen molar-refractivity contribution < 1.29 is 9.53 Å². The van der Waals surface area contributed by atoms with Crippen LogP contribution in [0.5, 0.6) is 0 Å². The van der Waals surface area contributed by atoms with Crippen molar-refractivity contribution in [2.45, 2.75) is 33.1 Å².